The number of hydrogen-bond acceptors (Lipinski definition) is 3. The Kier molecular flexibility index (Phi) is 1.72. The quantitative estimate of drug-likeness (QED) is 0.588. The van der Waals surface area contributed by atoms with Gasteiger partial charge in [0.05, 0.1) is 31.0 Å². The zero-order valence-corrected chi connectivity index (χ0v) is 7.67. The second-order valence-electron chi connectivity index (χ2n) is 4.51. The summed E-state index contributed by atoms with van der Waals surface area (Å²) < 4.78 is 10.7. The third-order valence-corrected chi connectivity index (χ3v) is 2.88. The summed E-state index contributed by atoms with van der Waals surface area (Å²) in [4.78, 5) is 0. The van der Waals surface area contributed by atoms with E-state index >= 15 is 0 Å². The average Bonchev–Trinajstić information content (AvgIpc) is 2.67. The lowest BCUT2D eigenvalue weighted by Crippen LogP contribution is -2.44. The number of ether oxygens (including phenoxy) is 2. The predicted octanol–water partition coefficient (Wildman–Crippen LogP) is 0.563. The molecule has 0 amide bonds. The Bertz CT molecular complexity index is 184. The van der Waals surface area contributed by atoms with Crippen LogP contribution in [0.15, 0.2) is 0 Å². The normalized spacial score (nSPS) is 53.8. The lowest BCUT2D eigenvalue weighted by molar-refractivity contribution is -0.110. The molecule has 12 heavy (non-hydrogen) atoms. The standard InChI is InChI=1S/C9H16O3/c1-8(10)3-7(4-11-5-8)9(2)6-12-9/h7,10H,3-6H2,1-2H3. The van der Waals surface area contributed by atoms with Crippen molar-refractivity contribution in [3.05, 3.63) is 0 Å². The highest BCUT2D eigenvalue weighted by Crippen LogP contribution is 2.41. The fourth-order valence-electron chi connectivity index (χ4n) is 1.81. The highest BCUT2D eigenvalue weighted by Gasteiger charge is 2.50. The van der Waals surface area contributed by atoms with Crippen molar-refractivity contribution in [3.63, 3.8) is 0 Å². The Morgan fingerprint density at radius 1 is 1.33 bits per heavy atom. The molecule has 70 valence electrons. The molecule has 2 rings (SSSR count). The Morgan fingerprint density at radius 2 is 2.00 bits per heavy atom. The number of rotatable bonds is 1. The highest BCUT2D eigenvalue weighted by atomic mass is 16.6. The van der Waals surface area contributed by atoms with Crippen molar-refractivity contribution >= 4 is 0 Å². The van der Waals surface area contributed by atoms with Gasteiger partial charge in [0.15, 0.2) is 0 Å². The second kappa shape index (κ2) is 2.44. The van der Waals surface area contributed by atoms with Gasteiger partial charge < -0.3 is 14.6 Å². The number of hydrogen-bond donors (Lipinski definition) is 1. The third-order valence-electron chi connectivity index (χ3n) is 2.88. The fourth-order valence-corrected chi connectivity index (χ4v) is 1.81. The molecule has 0 spiro atoms. The topological polar surface area (TPSA) is 42.0 Å². The van der Waals surface area contributed by atoms with E-state index in [4.69, 9.17) is 9.47 Å². The molecule has 0 bridgehead atoms. The van der Waals surface area contributed by atoms with Crippen LogP contribution in [0.4, 0.5) is 0 Å². The smallest absolute Gasteiger partial charge is 0.0939 e. The Morgan fingerprint density at radius 3 is 2.50 bits per heavy atom. The van der Waals surface area contributed by atoms with E-state index in [1.807, 2.05) is 6.92 Å². The lowest BCUT2D eigenvalue weighted by Gasteiger charge is -2.35. The maximum Gasteiger partial charge on any atom is 0.0939 e. The molecule has 0 saturated carbocycles. The van der Waals surface area contributed by atoms with Crippen molar-refractivity contribution in [1.29, 1.82) is 0 Å². The van der Waals surface area contributed by atoms with E-state index in [-0.39, 0.29) is 5.60 Å². The van der Waals surface area contributed by atoms with Crippen LogP contribution in [0.5, 0.6) is 0 Å². The molecule has 0 aromatic rings. The predicted molar refractivity (Wildman–Crippen MR) is 43.9 cm³/mol. The van der Waals surface area contributed by atoms with Crippen molar-refractivity contribution in [2.75, 3.05) is 19.8 Å². The molecular weight excluding hydrogens is 156 g/mol. The molecule has 3 unspecified atom stereocenters. The van der Waals surface area contributed by atoms with Gasteiger partial charge in [-0.1, -0.05) is 0 Å². The molecular formula is C9H16O3. The molecule has 0 aromatic carbocycles. The largest absolute Gasteiger partial charge is 0.388 e. The van der Waals surface area contributed by atoms with Crippen LogP contribution in [0.2, 0.25) is 0 Å². The van der Waals surface area contributed by atoms with Crippen LogP contribution in [0.3, 0.4) is 0 Å². The van der Waals surface area contributed by atoms with Gasteiger partial charge in [0.25, 0.3) is 0 Å². The first-order valence-corrected chi connectivity index (χ1v) is 4.46. The van der Waals surface area contributed by atoms with Gasteiger partial charge in [-0.05, 0) is 20.3 Å². The molecule has 2 aliphatic heterocycles. The van der Waals surface area contributed by atoms with Crippen LogP contribution in [-0.4, -0.2) is 36.1 Å². The van der Waals surface area contributed by atoms with Crippen molar-refractivity contribution in [3.8, 4) is 0 Å². The van der Waals surface area contributed by atoms with Crippen LogP contribution in [-0.2, 0) is 9.47 Å². The van der Waals surface area contributed by atoms with Gasteiger partial charge in [-0.15, -0.1) is 0 Å². The molecule has 0 radical (unpaired) electrons. The van der Waals surface area contributed by atoms with Gasteiger partial charge in [0, 0.05) is 5.92 Å². The third kappa shape index (κ3) is 1.49. The van der Waals surface area contributed by atoms with Crippen LogP contribution < -0.4 is 0 Å². The van der Waals surface area contributed by atoms with E-state index < -0.39 is 5.60 Å². The van der Waals surface area contributed by atoms with E-state index in [1.165, 1.54) is 0 Å². The van der Waals surface area contributed by atoms with E-state index in [0.29, 0.717) is 12.5 Å². The van der Waals surface area contributed by atoms with Gasteiger partial charge in [0.1, 0.15) is 0 Å². The first-order chi connectivity index (χ1) is 5.52. The average molecular weight is 172 g/mol. The molecule has 0 aromatic heterocycles. The van der Waals surface area contributed by atoms with Crippen LogP contribution in [0.25, 0.3) is 0 Å². The van der Waals surface area contributed by atoms with Crippen molar-refractivity contribution in [2.45, 2.75) is 31.5 Å². The van der Waals surface area contributed by atoms with Crippen LogP contribution >= 0.6 is 0 Å². The van der Waals surface area contributed by atoms with Gasteiger partial charge in [-0.25, -0.2) is 0 Å². The SMILES string of the molecule is CC1(O)COCC(C2(C)CO2)C1. The minimum Gasteiger partial charge on any atom is -0.388 e. The van der Waals surface area contributed by atoms with E-state index in [1.54, 1.807) is 0 Å². The summed E-state index contributed by atoms with van der Waals surface area (Å²) in [6.07, 6.45) is 0.795. The molecule has 2 aliphatic rings. The highest BCUT2D eigenvalue weighted by molar-refractivity contribution is 4.98. The molecule has 3 nitrogen and oxygen atoms in total. The molecule has 1 N–H and O–H groups in total. The fraction of sp³-hybridized carbons (Fsp3) is 1.00. The van der Waals surface area contributed by atoms with Crippen molar-refractivity contribution in [1.82, 2.24) is 0 Å². The number of aliphatic hydroxyl groups is 1. The summed E-state index contributed by atoms with van der Waals surface area (Å²) in [6, 6.07) is 0. The zero-order chi connectivity index (χ0) is 8.82. The maximum atomic E-state index is 9.76. The first-order valence-electron chi connectivity index (χ1n) is 4.46. The molecule has 2 saturated heterocycles. The summed E-state index contributed by atoms with van der Waals surface area (Å²) in [5.41, 5.74) is -0.664. The minimum absolute atomic E-state index is 0.00951. The molecule has 2 fully saturated rings. The monoisotopic (exact) mass is 172 g/mol. The number of epoxide rings is 1. The molecule has 3 atom stereocenters. The van der Waals surface area contributed by atoms with Gasteiger partial charge in [0.2, 0.25) is 0 Å². The van der Waals surface area contributed by atoms with Crippen molar-refractivity contribution < 1.29 is 14.6 Å². The molecule has 0 aliphatic carbocycles. The van der Waals surface area contributed by atoms with E-state index in [9.17, 15) is 5.11 Å². The summed E-state index contributed by atoms with van der Waals surface area (Å²) in [7, 11) is 0. The lowest BCUT2D eigenvalue weighted by atomic mass is 9.83. The van der Waals surface area contributed by atoms with E-state index in [0.717, 1.165) is 19.6 Å². The van der Waals surface area contributed by atoms with Gasteiger partial charge in [-0.3, -0.25) is 0 Å². The zero-order valence-electron chi connectivity index (χ0n) is 7.67. The first kappa shape index (κ1) is 8.48. The molecule has 2 heterocycles. The van der Waals surface area contributed by atoms with Crippen molar-refractivity contribution in [2.24, 2.45) is 5.92 Å². The summed E-state index contributed by atoms with van der Waals surface area (Å²) in [5.74, 6) is 0.362. The van der Waals surface area contributed by atoms with Crippen LogP contribution in [0, 0.1) is 5.92 Å². The van der Waals surface area contributed by atoms with E-state index in [2.05, 4.69) is 6.92 Å². The van der Waals surface area contributed by atoms with Crippen LogP contribution in [0.1, 0.15) is 20.3 Å². The Labute approximate surface area is 72.7 Å². The maximum absolute atomic E-state index is 9.76. The van der Waals surface area contributed by atoms with Gasteiger partial charge >= 0.3 is 0 Å². The second-order valence-corrected chi connectivity index (χ2v) is 4.51. The summed E-state index contributed by atoms with van der Waals surface area (Å²) >= 11 is 0. The van der Waals surface area contributed by atoms with Gasteiger partial charge in [-0.2, -0.15) is 0 Å². The minimum atomic E-state index is -0.655. The Hall–Kier alpha value is -0.120. The Balaban J connectivity index is 1.99. The summed E-state index contributed by atoms with van der Waals surface area (Å²) in [6.45, 7) is 5.91. The molecule has 3 heteroatoms. The summed E-state index contributed by atoms with van der Waals surface area (Å²) in [5, 5.41) is 9.76.